The number of carbonyl (C=O) groups excluding carboxylic acids is 2. The highest BCUT2D eigenvalue weighted by Crippen LogP contribution is 2.36. The van der Waals surface area contributed by atoms with Gasteiger partial charge in [0.15, 0.2) is 0 Å². The first kappa shape index (κ1) is 25.0. The number of halogens is 1. The van der Waals surface area contributed by atoms with Gasteiger partial charge in [0.25, 0.3) is 0 Å². The average Bonchev–Trinajstić information content (AvgIpc) is 2.88. The molecule has 0 aliphatic carbocycles. The molecular formula is C28H36FN3O3. The molecule has 2 aliphatic heterocycles. The van der Waals surface area contributed by atoms with Crippen molar-refractivity contribution in [3.05, 3.63) is 59.9 Å². The maximum atomic E-state index is 13.3. The molecule has 1 atom stereocenters. The Morgan fingerprint density at radius 2 is 1.60 bits per heavy atom. The van der Waals surface area contributed by atoms with Gasteiger partial charge in [0.1, 0.15) is 11.6 Å². The van der Waals surface area contributed by atoms with Crippen LogP contribution in [0, 0.1) is 18.2 Å². The van der Waals surface area contributed by atoms with E-state index in [1.807, 2.05) is 41.0 Å². The number of ether oxygens (including phenoxy) is 1. The monoisotopic (exact) mass is 481 g/mol. The van der Waals surface area contributed by atoms with Crippen LogP contribution in [0.25, 0.3) is 0 Å². The molecule has 2 aliphatic rings. The van der Waals surface area contributed by atoms with Crippen molar-refractivity contribution in [2.45, 2.75) is 45.4 Å². The van der Waals surface area contributed by atoms with Gasteiger partial charge in [0, 0.05) is 43.7 Å². The lowest BCUT2D eigenvalue weighted by Crippen LogP contribution is -2.52. The number of nitrogens with one attached hydrogen (secondary N) is 1. The molecule has 4 rings (SSSR count). The Labute approximate surface area is 207 Å². The lowest BCUT2D eigenvalue weighted by Gasteiger charge is -2.43. The standard InChI is InChI=1S/C28H36FN3O3/c1-22-6-10-24(11-7-22)30-19-27(34)32-17-5-14-28(20-32,18-26(33)31-15-3-2-4-16-31)21-35-25-12-8-23(29)9-13-25/h6-13,30H,2-5,14-21H2,1H3/t28-/m1/s1. The van der Waals surface area contributed by atoms with Gasteiger partial charge in [-0.25, -0.2) is 4.39 Å². The average molecular weight is 482 g/mol. The van der Waals surface area contributed by atoms with Crippen LogP contribution in [0.3, 0.4) is 0 Å². The second-order valence-corrected chi connectivity index (χ2v) is 10.00. The SMILES string of the molecule is Cc1ccc(NCC(=O)N2CCC[C@@](COc3ccc(F)cc3)(CC(=O)N3CCCCC3)C2)cc1. The smallest absolute Gasteiger partial charge is 0.241 e. The molecule has 2 aromatic rings. The first-order valence-electron chi connectivity index (χ1n) is 12.7. The zero-order valence-corrected chi connectivity index (χ0v) is 20.6. The Balaban J connectivity index is 1.43. The molecule has 0 aromatic heterocycles. The molecule has 2 heterocycles. The predicted octanol–water partition coefficient (Wildman–Crippen LogP) is 4.64. The lowest BCUT2D eigenvalue weighted by atomic mass is 9.77. The molecule has 0 spiro atoms. The molecule has 1 N–H and O–H groups in total. The fourth-order valence-electron chi connectivity index (χ4n) is 5.04. The Kier molecular flexibility index (Phi) is 8.26. The van der Waals surface area contributed by atoms with E-state index in [0.717, 1.165) is 44.5 Å². The first-order chi connectivity index (χ1) is 16.9. The summed E-state index contributed by atoms with van der Waals surface area (Å²) < 4.78 is 19.4. The summed E-state index contributed by atoms with van der Waals surface area (Å²) in [5, 5.41) is 3.22. The van der Waals surface area contributed by atoms with Crippen molar-refractivity contribution in [3.8, 4) is 5.75 Å². The molecule has 0 bridgehead atoms. The molecule has 188 valence electrons. The lowest BCUT2D eigenvalue weighted by molar-refractivity contribution is -0.141. The van der Waals surface area contributed by atoms with Crippen molar-refractivity contribution in [1.29, 1.82) is 0 Å². The van der Waals surface area contributed by atoms with Gasteiger partial charge in [-0.15, -0.1) is 0 Å². The van der Waals surface area contributed by atoms with Crippen LogP contribution < -0.4 is 10.1 Å². The van der Waals surface area contributed by atoms with Crippen LogP contribution in [0.2, 0.25) is 0 Å². The summed E-state index contributed by atoms with van der Waals surface area (Å²) in [5.41, 5.74) is 1.61. The number of carbonyl (C=O) groups is 2. The maximum Gasteiger partial charge on any atom is 0.241 e. The highest BCUT2D eigenvalue weighted by atomic mass is 19.1. The van der Waals surface area contributed by atoms with Gasteiger partial charge in [-0.2, -0.15) is 0 Å². The number of piperidine rings is 2. The zero-order valence-electron chi connectivity index (χ0n) is 20.6. The minimum absolute atomic E-state index is 0.0156. The fraction of sp³-hybridized carbons (Fsp3) is 0.500. The normalized spacial score (nSPS) is 20.4. The van der Waals surface area contributed by atoms with Crippen molar-refractivity contribution >= 4 is 17.5 Å². The third-order valence-corrected chi connectivity index (χ3v) is 7.10. The van der Waals surface area contributed by atoms with E-state index in [-0.39, 0.29) is 24.2 Å². The zero-order chi connectivity index (χ0) is 24.7. The quantitative estimate of drug-likeness (QED) is 0.597. The molecule has 6 nitrogen and oxygen atoms in total. The van der Waals surface area contributed by atoms with Gasteiger partial charge >= 0.3 is 0 Å². The van der Waals surface area contributed by atoms with Gasteiger partial charge in [-0.05, 0) is 75.4 Å². The Bertz CT molecular complexity index is 990. The summed E-state index contributed by atoms with van der Waals surface area (Å²) in [6, 6.07) is 13.9. The molecule has 2 aromatic carbocycles. The van der Waals surface area contributed by atoms with Crippen molar-refractivity contribution in [2.24, 2.45) is 5.41 Å². The highest BCUT2D eigenvalue weighted by Gasteiger charge is 2.41. The first-order valence-corrected chi connectivity index (χ1v) is 12.7. The largest absolute Gasteiger partial charge is 0.493 e. The van der Waals surface area contributed by atoms with Gasteiger partial charge < -0.3 is 19.9 Å². The van der Waals surface area contributed by atoms with Crippen LogP contribution in [0.1, 0.15) is 44.1 Å². The third-order valence-electron chi connectivity index (χ3n) is 7.10. The molecule has 7 heteroatoms. The summed E-state index contributed by atoms with van der Waals surface area (Å²) in [5.74, 6) is 0.407. The van der Waals surface area contributed by atoms with Crippen molar-refractivity contribution < 1.29 is 18.7 Å². The van der Waals surface area contributed by atoms with E-state index in [4.69, 9.17) is 4.74 Å². The minimum Gasteiger partial charge on any atom is -0.493 e. The number of rotatable bonds is 8. The van der Waals surface area contributed by atoms with E-state index in [9.17, 15) is 14.0 Å². The van der Waals surface area contributed by atoms with E-state index < -0.39 is 5.41 Å². The second kappa shape index (κ2) is 11.6. The van der Waals surface area contributed by atoms with Crippen LogP contribution in [-0.2, 0) is 9.59 Å². The van der Waals surface area contributed by atoms with E-state index in [1.54, 1.807) is 12.1 Å². The van der Waals surface area contributed by atoms with Crippen LogP contribution >= 0.6 is 0 Å². The van der Waals surface area contributed by atoms with E-state index in [0.29, 0.717) is 31.9 Å². The summed E-state index contributed by atoms with van der Waals surface area (Å²) in [4.78, 5) is 30.2. The predicted molar refractivity (Wildman–Crippen MR) is 135 cm³/mol. The third kappa shape index (κ3) is 6.96. The molecule has 35 heavy (non-hydrogen) atoms. The molecule has 2 fully saturated rings. The molecular weight excluding hydrogens is 445 g/mol. The number of hydrogen-bond donors (Lipinski definition) is 1. The van der Waals surface area contributed by atoms with Crippen LogP contribution in [0.4, 0.5) is 10.1 Å². The Hall–Kier alpha value is -3.09. The Morgan fingerprint density at radius 1 is 0.914 bits per heavy atom. The van der Waals surface area contributed by atoms with Crippen LogP contribution in [0.15, 0.2) is 48.5 Å². The number of nitrogens with zero attached hydrogens (tertiary/aromatic N) is 2. The number of anilines is 1. The molecule has 0 saturated carbocycles. The molecule has 2 amide bonds. The van der Waals surface area contributed by atoms with Crippen molar-refractivity contribution in [2.75, 3.05) is 44.6 Å². The topological polar surface area (TPSA) is 61.9 Å². The van der Waals surface area contributed by atoms with Gasteiger partial charge in [-0.1, -0.05) is 17.7 Å². The van der Waals surface area contributed by atoms with Crippen molar-refractivity contribution in [3.63, 3.8) is 0 Å². The number of likely N-dealkylation sites (tertiary alicyclic amines) is 2. The van der Waals surface area contributed by atoms with E-state index in [2.05, 4.69) is 5.32 Å². The van der Waals surface area contributed by atoms with Crippen molar-refractivity contribution in [1.82, 2.24) is 9.80 Å². The highest BCUT2D eigenvalue weighted by molar-refractivity contribution is 5.81. The molecule has 0 unspecified atom stereocenters. The second-order valence-electron chi connectivity index (χ2n) is 10.00. The van der Waals surface area contributed by atoms with Crippen LogP contribution in [-0.4, -0.2) is 60.9 Å². The fourth-order valence-corrected chi connectivity index (χ4v) is 5.04. The minimum atomic E-state index is -0.472. The Morgan fingerprint density at radius 3 is 2.31 bits per heavy atom. The number of amides is 2. The molecule has 0 radical (unpaired) electrons. The van der Waals surface area contributed by atoms with E-state index in [1.165, 1.54) is 24.1 Å². The van der Waals surface area contributed by atoms with E-state index >= 15 is 0 Å². The summed E-state index contributed by atoms with van der Waals surface area (Å²) in [6.07, 6.45) is 5.22. The van der Waals surface area contributed by atoms with Gasteiger partial charge in [-0.3, -0.25) is 9.59 Å². The summed E-state index contributed by atoms with van der Waals surface area (Å²) in [6.45, 7) is 5.30. The van der Waals surface area contributed by atoms with Crippen LogP contribution in [0.5, 0.6) is 5.75 Å². The van der Waals surface area contributed by atoms with Gasteiger partial charge in [0.2, 0.25) is 11.8 Å². The summed E-state index contributed by atoms with van der Waals surface area (Å²) in [7, 11) is 0. The number of aryl methyl sites for hydroxylation is 1. The summed E-state index contributed by atoms with van der Waals surface area (Å²) >= 11 is 0. The number of hydrogen-bond acceptors (Lipinski definition) is 4. The molecule has 2 saturated heterocycles. The van der Waals surface area contributed by atoms with Gasteiger partial charge in [0.05, 0.1) is 13.2 Å². The maximum absolute atomic E-state index is 13.3. The number of benzene rings is 2.